The van der Waals surface area contributed by atoms with Gasteiger partial charge in [0.1, 0.15) is 0 Å². The third kappa shape index (κ3) is 1.33. The Morgan fingerprint density at radius 3 is 2.89 bits per heavy atom. The van der Waals surface area contributed by atoms with Gasteiger partial charge in [0.25, 0.3) is 5.95 Å². The lowest BCUT2D eigenvalue weighted by molar-refractivity contribution is 0.935. The summed E-state index contributed by atoms with van der Waals surface area (Å²) in [5.41, 5.74) is 3.07. The smallest absolute Gasteiger partial charge is 0.257 e. The van der Waals surface area contributed by atoms with Gasteiger partial charge in [0.2, 0.25) is 0 Å². The van der Waals surface area contributed by atoms with Gasteiger partial charge in [-0.2, -0.15) is 5.10 Å². The molecule has 0 aromatic carbocycles. The monoisotopic (exact) mass is 125 g/mol. The molecule has 5 heteroatoms. The lowest BCUT2D eigenvalue weighted by Gasteiger charge is -1.94. The first-order chi connectivity index (χ1) is 4.33. The van der Waals surface area contributed by atoms with Crippen molar-refractivity contribution in [2.24, 2.45) is 5.84 Å². The number of nitrogens with one attached hydrogen (secondary N) is 1. The molecule has 0 atom stereocenters. The van der Waals surface area contributed by atoms with Crippen LogP contribution in [0.3, 0.4) is 0 Å². The highest BCUT2D eigenvalue weighted by molar-refractivity contribution is 5.18. The maximum absolute atomic E-state index is 5.00. The van der Waals surface area contributed by atoms with E-state index in [9.17, 15) is 0 Å². The number of anilines is 1. The van der Waals surface area contributed by atoms with Crippen LogP contribution in [0.5, 0.6) is 0 Å². The SMILES string of the molecule is Cc1cnnc(NN)n1. The van der Waals surface area contributed by atoms with Gasteiger partial charge in [-0.1, -0.05) is 0 Å². The second-order valence-electron chi connectivity index (χ2n) is 1.57. The number of aromatic nitrogens is 3. The summed E-state index contributed by atoms with van der Waals surface area (Å²) in [6, 6.07) is 0. The molecular formula is C4H7N5. The van der Waals surface area contributed by atoms with E-state index in [2.05, 4.69) is 20.6 Å². The van der Waals surface area contributed by atoms with Crippen molar-refractivity contribution in [3.05, 3.63) is 11.9 Å². The Morgan fingerprint density at radius 2 is 2.44 bits per heavy atom. The number of nitrogen functional groups attached to an aromatic ring is 1. The van der Waals surface area contributed by atoms with E-state index < -0.39 is 0 Å². The minimum atomic E-state index is 0.343. The summed E-state index contributed by atoms with van der Waals surface area (Å²) in [6.45, 7) is 1.82. The fourth-order valence-electron chi connectivity index (χ4n) is 0.447. The minimum absolute atomic E-state index is 0.343. The van der Waals surface area contributed by atoms with E-state index in [4.69, 9.17) is 5.84 Å². The molecule has 0 unspecified atom stereocenters. The Morgan fingerprint density at radius 1 is 1.67 bits per heavy atom. The van der Waals surface area contributed by atoms with Crippen LogP contribution in [0.25, 0.3) is 0 Å². The first kappa shape index (κ1) is 5.90. The molecule has 0 radical (unpaired) electrons. The normalized spacial score (nSPS) is 9.11. The Bertz CT molecular complexity index is 198. The van der Waals surface area contributed by atoms with E-state index in [1.807, 2.05) is 6.92 Å². The molecule has 0 saturated heterocycles. The summed E-state index contributed by atoms with van der Waals surface area (Å²) in [5, 5.41) is 7.16. The van der Waals surface area contributed by atoms with E-state index in [1.54, 1.807) is 6.20 Å². The predicted octanol–water partition coefficient (Wildman–Crippen LogP) is -0.534. The highest BCUT2D eigenvalue weighted by Crippen LogP contribution is 1.91. The van der Waals surface area contributed by atoms with Crippen LogP contribution in [-0.4, -0.2) is 15.2 Å². The van der Waals surface area contributed by atoms with Crippen molar-refractivity contribution in [2.45, 2.75) is 6.92 Å². The van der Waals surface area contributed by atoms with Gasteiger partial charge in [-0.3, -0.25) is 5.43 Å². The zero-order valence-corrected chi connectivity index (χ0v) is 5.00. The van der Waals surface area contributed by atoms with Crippen molar-refractivity contribution < 1.29 is 0 Å². The van der Waals surface area contributed by atoms with Crippen molar-refractivity contribution in [3.63, 3.8) is 0 Å². The number of nitrogens with two attached hydrogens (primary N) is 1. The van der Waals surface area contributed by atoms with Crippen molar-refractivity contribution in [1.29, 1.82) is 0 Å². The second kappa shape index (κ2) is 2.36. The number of hydrogen-bond acceptors (Lipinski definition) is 5. The fourth-order valence-corrected chi connectivity index (χ4v) is 0.447. The highest BCUT2D eigenvalue weighted by Gasteiger charge is 1.90. The Balaban J connectivity index is 2.94. The van der Waals surface area contributed by atoms with E-state index in [1.165, 1.54) is 0 Å². The highest BCUT2D eigenvalue weighted by atomic mass is 15.3. The molecule has 0 aliphatic carbocycles. The molecular weight excluding hydrogens is 118 g/mol. The Kier molecular flexibility index (Phi) is 1.55. The largest absolute Gasteiger partial charge is 0.291 e. The number of nitrogens with zero attached hydrogens (tertiary/aromatic N) is 3. The van der Waals surface area contributed by atoms with Gasteiger partial charge >= 0.3 is 0 Å². The molecule has 3 N–H and O–H groups in total. The zero-order chi connectivity index (χ0) is 6.69. The summed E-state index contributed by atoms with van der Waals surface area (Å²) in [4.78, 5) is 3.88. The molecule has 0 bridgehead atoms. The number of aryl methyl sites for hydroxylation is 1. The number of hydrogen-bond donors (Lipinski definition) is 2. The quantitative estimate of drug-likeness (QED) is 0.389. The summed E-state index contributed by atoms with van der Waals surface area (Å²) in [6.07, 6.45) is 1.56. The van der Waals surface area contributed by atoms with E-state index >= 15 is 0 Å². The van der Waals surface area contributed by atoms with Gasteiger partial charge < -0.3 is 0 Å². The Hall–Kier alpha value is -1.23. The molecule has 0 amide bonds. The second-order valence-corrected chi connectivity index (χ2v) is 1.57. The zero-order valence-electron chi connectivity index (χ0n) is 5.00. The van der Waals surface area contributed by atoms with Crippen LogP contribution in [-0.2, 0) is 0 Å². The summed E-state index contributed by atoms with van der Waals surface area (Å²) < 4.78 is 0. The molecule has 48 valence electrons. The van der Waals surface area contributed by atoms with Gasteiger partial charge in [-0.15, -0.1) is 5.10 Å². The lowest BCUT2D eigenvalue weighted by Crippen LogP contribution is -2.11. The maximum atomic E-state index is 5.00. The summed E-state index contributed by atoms with van der Waals surface area (Å²) in [7, 11) is 0. The van der Waals surface area contributed by atoms with Crippen molar-refractivity contribution >= 4 is 5.95 Å². The van der Waals surface area contributed by atoms with Gasteiger partial charge in [-0.05, 0) is 6.92 Å². The molecule has 1 aromatic heterocycles. The van der Waals surface area contributed by atoms with Crippen molar-refractivity contribution in [2.75, 3.05) is 5.43 Å². The fraction of sp³-hybridized carbons (Fsp3) is 0.250. The van der Waals surface area contributed by atoms with Crippen LogP contribution in [0.15, 0.2) is 6.20 Å². The first-order valence-corrected chi connectivity index (χ1v) is 2.46. The Labute approximate surface area is 52.3 Å². The number of rotatable bonds is 1. The maximum Gasteiger partial charge on any atom is 0.257 e. The topological polar surface area (TPSA) is 76.7 Å². The molecule has 5 nitrogen and oxygen atoms in total. The van der Waals surface area contributed by atoms with E-state index in [0.717, 1.165) is 5.69 Å². The van der Waals surface area contributed by atoms with Crippen LogP contribution in [0.2, 0.25) is 0 Å². The first-order valence-electron chi connectivity index (χ1n) is 2.46. The predicted molar refractivity (Wildman–Crippen MR) is 32.4 cm³/mol. The molecule has 9 heavy (non-hydrogen) atoms. The van der Waals surface area contributed by atoms with Crippen LogP contribution >= 0.6 is 0 Å². The summed E-state index contributed by atoms with van der Waals surface area (Å²) in [5.74, 6) is 5.35. The standard InChI is InChI=1S/C4H7N5/c1-3-2-6-9-4(7-3)8-5/h2H,5H2,1H3,(H,7,8,9). The van der Waals surface area contributed by atoms with Crippen LogP contribution < -0.4 is 11.3 Å². The van der Waals surface area contributed by atoms with Crippen LogP contribution in [0.1, 0.15) is 5.69 Å². The van der Waals surface area contributed by atoms with E-state index in [0.29, 0.717) is 5.95 Å². The third-order valence-electron chi connectivity index (χ3n) is 0.808. The molecule has 0 spiro atoms. The van der Waals surface area contributed by atoms with Gasteiger partial charge in [0.15, 0.2) is 0 Å². The average molecular weight is 125 g/mol. The van der Waals surface area contributed by atoms with Crippen LogP contribution in [0.4, 0.5) is 5.95 Å². The van der Waals surface area contributed by atoms with Crippen molar-refractivity contribution in [3.8, 4) is 0 Å². The van der Waals surface area contributed by atoms with Gasteiger partial charge in [0.05, 0.1) is 11.9 Å². The molecule has 0 fully saturated rings. The molecule has 0 aliphatic heterocycles. The van der Waals surface area contributed by atoms with E-state index in [-0.39, 0.29) is 0 Å². The molecule has 1 heterocycles. The average Bonchev–Trinajstić information content (AvgIpc) is 1.88. The molecule has 1 rings (SSSR count). The molecule has 1 aromatic rings. The molecule has 0 saturated carbocycles. The molecule has 0 aliphatic rings. The van der Waals surface area contributed by atoms with Gasteiger partial charge in [0, 0.05) is 0 Å². The third-order valence-corrected chi connectivity index (χ3v) is 0.808. The van der Waals surface area contributed by atoms with Crippen LogP contribution in [0, 0.1) is 6.92 Å². The lowest BCUT2D eigenvalue weighted by atomic mass is 10.5. The van der Waals surface area contributed by atoms with Crippen molar-refractivity contribution in [1.82, 2.24) is 15.2 Å². The number of hydrazine groups is 1. The minimum Gasteiger partial charge on any atom is -0.291 e. The summed E-state index contributed by atoms with van der Waals surface area (Å²) >= 11 is 0. The van der Waals surface area contributed by atoms with Gasteiger partial charge in [-0.25, -0.2) is 10.8 Å².